The molecule has 3 aromatic rings. The summed E-state index contributed by atoms with van der Waals surface area (Å²) < 4.78 is 1.82. The van der Waals surface area contributed by atoms with Gasteiger partial charge in [0.15, 0.2) is 0 Å². The van der Waals surface area contributed by atoms with E-state index in [-0.39, 0.29) is 5.56 Å². The Hall–Kier alpha value is -2.55. The molecule has 3 nitrogen and oxygen atoms in total. The molecule has 0 unspecified atom stereocenters. The van der Waals surface area contributed by atoms with Gasteiger partial charge in [-0.25, -0.2) is 0 Å². The molecule has 0 amide bonds. The van der Waals surface area contributed by atoms with Crippen LogP contribution in [0.25, 0.3) is 16.9 Å². The van der Waals surface area contributed by atoms with E-state index in [1.807, 2.05) is 66.2 Å². The molecule has 19 heavy (non-hydrogen) atoms. The van der Waals surface area contributed by atoms with Crippen molar-refractivity contribution in [3.8, 4) is 16.9 Å². The van der Waals surface area contributed by atoms with Crippen LogP contribution in [0.1, 0.15) is 5.56 Å². The van der Waals surface area contributed by atoms with E-state index in [1.165, 1.54) is 0 Å². The number of nitrogens with one attached hydrogen (secondary N) is 1. The highest BCUT2D eigenvalue weighted by molar-refractivity contribution is 5.61. The summed E-state index contributed by atoms with van der Waals surface area (Å²) in [5.41, 5.74) is 3.91. The second-order valence-electron chi connectivity index (χ2n) is 4.55. The van der Waals surface area contributed by atoms with Gasteiger partial charge in [0.05, 0.1) is 11.4 Å². The van der Waals surface area contributed by atoms with Gasteiger partial charge >= 0.3 is 0 Å². The summed E-state index contributed by atoms with van der Waals surface area (Å²) in [6.07, 6.45) is 0. The van der Waals surface area contributed by atoms with Crippen LogP contribution < -0.4 is 5.56 Å². The topological polar surface area (TPSA) is 37.8 Å². The first kappa shape index (κ1) is 11.5. The van der Waals surface area contributed by atoms with Gasteiger partial charge in [0, 0.05) is 11.6 Å². The van der Waals surface area contributed by atoms with E-state index in [2.05, 4.69) is 5.10 Å². The molecule has 3 rings (SSSR count). The molecule has 1 heterocycles. The molecule has 0 radical (unpaired) electrons. The maximum atomic E-state index is 11.7. The van der Waals surface area contributed by atoms with E-state index in [0.717, 1.165) is 22.5 Å². The highest BCUT2D eigenvalue weighted by Gasteiger charge is 2.08. The first-order valence-corrected chi connectivity index (χ1v) is 6.18. The predicted molar refractivity (Wildman–Crippen MR) is 76.6 cm³/mol. The molecule has 0 aliphatic heterocycles. The Labute approximate surface area is 111 Å². The lowest BCUT2D eigenvalue weighted by atomic mass is 10.1. The Kier molecular flexibility index (Phi) is 2.80. The quantitative estimate of drug-likeness (QED) is 0.745. The third-order valence-corrected chi connectivity index (χ3v) is 3.06. The van der Waals surface area contributed by atoms with Crippen molar-refractivity contribution >= 4 is 0 Å². The second kappa shape index (κ2) is 4.61. The lowest BCUT2D eigenvalue weighted by Gasteiger charge is -2.09. The third-order valence-electron chi connectivity index (χ3n) is 3.06. The van der Waals surface area contributed by atoms with Gasteiger partial charge in [-0.15, -0.1) is 0 Å². The minimum Gasteiger partial charge on any atom is -0.268 e. The van der Waals surface area contributed by atoms with E-state index in [1.54, 1.807) is 6.07 Å². The van der Waals surface area contributed by atoms with Gasteiger partial charge in [0.1, 0.15) is 0 Å². The maximum absolute atomic E-state index is 11.7. The Morgan fingerprint density at radius 2 is 1.74 bits per heavy atom. The first-order chi connectivity index (χ1) is 9.24. The number of rotatable bonds is 2. The highest BCUT2D eigenvalue weighted by Crippen LogP contribution is 2.20. The predicted octanol–water partition coefficient (Wildman–Crippen LogP) is 3.14. The zero-order chi connectivity index (χ0) is 13.2. The van der Waals surface area contributed by atoms with E-state index >= 15 is 0 Å². The number of aromatic amines is 1. The van der Waals surface area contributed by atoms with Crippen molar-refractivity contribution < 1.29 is 0 Å². The molecule has 0 aliphatic rings. The molecular weight excluding hydrogens is 236 g/mol. The Bertz CT molecular complexity index is 754. The van der Waals surface area contributed by atoms with Crippen LogP contribution in [-0.4, -0.2) is 9.78 Å². The number of nitrogens with zero attached hydrogens (tertiary/aromatic N) is 1. The number of hydrogen-bond donors (Lipinski definition) is 1. The Morgan fingerprint density at radius 1 is 0.947 bits per heavy atom. The number of benzene rings is 2. The normalized spacial score (nSPS) is 10.6. The lowest BCUT2D eigenvalue weighted by Crippen LogP contribution is -2.04. The third kappa shape index (κ3) is 2.22. The number of aromatic nitrogens is 2. The van der Waals surface area contributed by atoms with Gasteiger partial charge < -0.3 is 0 Å². The summed E-state index contributed by atoms with van der Waals surface area (Å²) in [5, 5.41) is 2.85. The minimum atomic E-state index is -0.0969. The molecule has 0 spiro atoms. The fraction of sp³-hybridized carbons (Fsp3) is 0.0625. The standard InChI is InChI=1S/C16H14N2O/c1-12-6-5-9-14(10-12)18-15(11-16(19)17-18)13-7-3-2-4-8-13/h2-11H,1H3,(H,17,19). The van der Waals surface area contributed by atoms with E-state index in [9.17, 15) is 4.79 Å². The molecule has 0 saturated heterocycles. The van der Waals surface area contributed by atoms with Crippen molar-refractivity contribution in [2.75, 3.05) is 0 Å². The average Bonchev–Trinajstić information content (AvgIpc) is 2.82. The van der Waals surface area contributed by atoms with Crippen LogP contribution in [0.4, 0.5) is 0 Å². The van der Waals surface area contributed by atoms with Gasteiger partial charge in [-0.05, 0) is 24.6 Å². The van der Waals surface area contributed by atoms with Crippen LogP contribution in [0.15, 0.2) is 65.5 Å². The monoisotopic (exact) mass is 250 g/mol. The van der Waals surface area contributed by atoms with Crippen LogP contribution in [0.5, 0.6) is 0 Å². The number of H-pyrrole nitrogens is 1. The minimum absolute atomic E-state index is 0.0969. The summed E-state index contributed by atoms with van der Waals surface area (Å²) >= 11 is 0. The summed E-state index contributed by atoms with van der Waals surface area (Å²) in [5.74, 6) is 0. The first-order valence-electron chi connectivity index (χ1n) is 6.18. The molecule has 1 aromatic heterocycles. The molecule has 0 fully saturated rings. The fourth-order valence-corrected chi connectivity index (χ4v) is 2.18. The van der Waals surface area contributed by atoms with Gasteiger partial charge in [-0.2, -0.15) is 0 Å². The van der Waals surface area contributed by atoms with Crippen LogP contribution in [0, 0.1) is 6.92 Å². The van der Waals surface area contributed by atoms with Crippen molar-refractivity contribution in [3.05, 3.63) is 76.6 Å². The van der Waals surface area contributed by atoms with Gasteiger partial charge in [-0.3, -0.25) is 14.6 Å². The maximum Gasteiger partial charge on any atom is 0.265 e. The van der Waals surface area contributed by atoms with Crippen molar-refractivity contribution in [3.63, 3.8) is 0 Å². The zero-order valence-electron chi connectivity index (χ0n) is 10.6. The molecule has 0 saturated carbocycles. The van der Waals surface area contributed by atoms with Crippen LogP contribution in [-0.2, 0) is 0 Å². The van der Waals surface area contributed by atoms with Crippen LogP contribution >= 0.6 is 0 Å². The molecule has 0 bridgehead atoms. The Morgan fingerprint density at radius 3 is 2.47 bits per heavy atom. The van der Waals surface area contributed by atoms with Crippen LogP contribution in [0.2, 0.25) is 0 Å². The molecular formula is C16H14N2O. The highest BCUT2D eigenvalue weighted by atomic mass is 16.1. The number of hydrogen-bond acceptors (Lipinski definition) is 1. The summed E-state index contributed by atoms with van der Waals surface area (Å²) in [6.45, 7) is 2.04. The zero-order valence-corrected chi connectivity index (χ0v) is 10.6. The summed E-state index contributed by atoms with van der Waals surface area (Å²) in [6, 6.07) is 19.6. The molecule has 3 heteroatoms. The molecule has 2 aromatic carbocycles. The SMILES string of the molecule is Cc1cccc(-n2[nH]c(=O)cc2-c2ccccc2)c1. The van der Waals surface area contributed by atoms with Gasteiger partial charge in [0.25, 0.3) is 5.56 Å². The van der Waals surface area contributed by atoms with Crippen molar-refractivity contribution in [1.82, 2.24) is 9.78 Å². The van der Waals surface area contributed by atoms with E-state index in [4.69, 9.17) is 0 Å². The smallest absolute Gasteiger partial charge is 0.265 e. The van der Waals surface area contributed by atoms with Gasteiger partial charge in [-0.1, -0.05) is 42.5 Å². The van der Waals surface area contributed by atoms with Crippen molar-refractivity contribution in [2.45, 2.75) is 6.92 Å². The van der Waals surface area contributed by atoms with E-state index < -0.39 is 0 Å². The Balaban J connectivity index is 2.21. The second-order valence-corrected chi connectivity index (χ2v) is 4.55. The summed E-state index contributed by atoms with van der Waals surface area (Å²) in [7, 11) is 0. The molecule has 0 aliphatic carbocycles. The largest absolute Gasteiger partial charge is 0.268 e. The van der Waals surface area contributed by atoms with Crippen molar-refractivity contribution in [1.29, 1.82) is 0 Å². The molecule has 94 valence electrons. The van der Waals surface area contributed by atoms with Gasteiger partial charge in [0.2, 0.25) is 0 Å². The molecule has 1 N–H and O–H groups in total. The van der Waals surface area contributed by atoms with Crippen molar-refractivity contribution in [2.24, 2.45) is 0 Å². The van der Waals surface area contributed by atoms with E-state index in [0.29, 0.717) is 0 Å². The fourth-order valence-electron chi connectivity index (χ4n) is 2.18. The summed E-state index contributed by atoms with van der Waals surface area (Å²) in [4.78, 5) is 11.7. The lowest BCUT2D eigenvalue weighted by molar-refractivity contribution is 0.869. The van der Waals surface area contributed by atoms with Crippen LogP contribution in [0.3, 0.4) is 0 Å². The molecule has 0 atom stereocenters. The average molecular weight is 250 g/mol. The number of aryl methyl sites for hydroxylation is 1.